The molecule has 0 atom stereocenters. The van der Waals surface area contributed by atoms with Gasteiger partial charge in [0.2, 0.25) is 5.91 Å². The van der Waals surface area contributed by atoms with Gasteiger partial charge in [-0.05, 0) is 32.8 Å². The molecule has 146 valence electrons. The Labute approximate surface area is 165 Å². The van der Waals surface area contributed by atoms with E-state index in [1.165, 1.54) is 5.56 Å². The van der Waals surface area contributed by atoms with Crippen molar-refractivity contribution in [3.63, 3.8) is 0 Å². The average Bonchev–Trinajstić information content (AvgIpc) is 2.94. The maximum Gasteiger partial charge on any atom is 0.222 e. The molecule has 1 amide bonds. The van der Waals surface area contributed by atoms with E-state index in [1.54, 1.807) is 18.9 Å². The summed E-state index contributed by atoms with van der Waals surface area (Å²) in [6, 6.07) is 6.21. The van der Waals surface area contributed by atoms with Crippen LogP contribution in [-0.4, -0.2) is 39.2 Å². The van der Waals surface area contributed by atoms with Crippen LogP contribution in [0.5, 0.6) is 5.75 Å². The van der Waals surface area contributed by atoms with E-state index in [9.17, 15) is 4.79 Å². The number of aromatic nitrogens is 3. The van der Waals surface area contributed by atoms with Crippen LogP contribution in [0.4, 0.5) is 0 Å². The molecule has 1 aliphatic heterocycles. The first kappa shape index (κ1) is 19.7. The highest BCUT2D eigenvalue weighted by atomic mass is 32.2. The molecule has 1 saturated heterocycles. The van der Waals surface area contributed by atoms with Gasteiger partial charge in [-0.3, -0.25) is 4.79 Å². The highest BCUT2D eigenvalue weighted by molar-refractivity contribution is 7.98. The molecule has 3 rings (SSSR count). The fourth-order valence-electron chi connectivity index (χ4n) is 3.40. The van der Waals surface area contributed by atoms with E-state index in [0.717, 1.165) is 60.4 Å². The third kappa shape index (κ3) is 4.83. The molecule has 0 unspecified atom stereocenters. The Morgan fingerprint density at radius 2 is 2.07 bits per heavy atom. The number of nitrogens with zero attached hydrogens (tertiary/aromatic N) is 4. The van der Waals surface area contributed by atoms with Crippen LogP contribution in [0.15, 0.2) is 23.4 Å². The number of carbonyl (C=O) groups excluding carboxylic acids is 1. The van der Waals surface area contributed by atoms with Crippen molar-refractivity contribution in [1.82, 2.24) is 19.7 Å². The summed E-state index contributed by atoms with van der Waals surface area (Å²) in [7, 11) is 1.70. The van der Waals surface area contributed by atoms with Crippen LogP contribution in [0.3, 0.4) is 0 Å². The third-order valence-corrected chi connectivity index (χ3v) is 5.92. The van der Waals surface area contributed by atoms with E-state index in [4.69, 9.17) is 4.74 Å². The fourth-order valence-corrected chi connectivity index (χ4v) is 4.40. The number of benzene rings is 1. The Morgan fingerprint density at radius 1 is 1.22 bits per heavy atom. The summed E-state index contributed by atoms with van der Waals surface area (Å²) in [5.41, 5.74) is 2.36. The maximum atomic E-state index is 12.3. The van der Waals surface area contributed by atoms with E-state index in [1.807, 2.05) is 11.0 Å². The van der Waals surface area contributed by atoms with Crippen LogP contribution in [0.1, 0.15) is 49.6 Å². The molecule has 6 nitrogen and oxygen atoms in total. The van der Waals surface area contributed by atoms with Crippen LogP contribution in [-0.2, 0) is 23.6 Å². The van der Waals surface area contributed by atoms with Gasteiger partial charge in [0, 0.05) is 30.8 Å². The molecule has 2 aromatic rings. The van der Waals surface area contributed by atoms with Crippen molar-refractivity contribution in [3.05, 3.63) is 35.2 Å². The van der Waals surface area contributed by atoms with Crippen molar-refractivity contribution >= 4 is 17.7 Å². The maximum absolute atomic E-state index is 12.3. The van der Waals surface area contributed by atoms with E-state index in [2.05, 4.69) is 40.7 Å². The summed E-state index contributed by atoms with van der Waals surface area (Å²) < 4.78 is 7.59. The monoisotopic (exact) mass is 388 g/mol. The van der Waals surface area contributed by atoms with E-state index in [0.29, 0.717) is 13.0 Å². The smallest absolute Gasteiger partial charge is 0.222 e. The van der Waals surface area contributed by atoms with Crippen LogP contribution >= 0.6 is 11.8 Å². The summed E-state index contributed by atoms with van der Waals surface area (Å²) in [5, 5.41) is 9.66. The Hall–Kier alpha value is -2.02. The molecule has 0 aliphatic carbocycles. The van der Waals surface area contributed by atoms with Crippen LogP contribution in [0.2, 0.25) is 0 Å². The number of rotatable bonds is 7. The predicted molar refractivity (Wildman–Crippen MR) is 107 cm³/mol. The van der Waals surface area contributed by atoms with E-state index in [-0.39, 0.29) is 5.91 Å². The molecule has 7 heteroatoms. The van der Waals surface area contributed by atoms with Crippen molar-refractivity contribution in [3.8, 4) is 5.75 Å². The van der Waals surface area contributed by atoms with Gasteiger partial charge in [0.1, 0.15) is 5.75 Å². The van der Waals surface area contributed by atoms with Crippen molar-refractivity contribution in [2.45, 2.75) is 63.5 Å². The topological polar surface area (TPSA) is 60.2 Å². The SMILES string of the molecule is CCn1c(CN2CCCCCC2=O)nnc1SCc1cc(C)ccc1OC. The summed E-state index contributed by atoms with van der Waals surface area (Å²) in [6.07, 6.45) is 3.84. The standard InChI is InChI=1S/C20H28N4O2S/c1-4-24-18(13-23-11-7-5-6-8-19(23)25)21-22-20(24)27-14-16-12-15(2)9-10-17(16)26-3/h9-10,12H,4-8,11,13-14H2,1-3H3. The number of ether oxygens (including phenoxy) is 1. The molecule has 0 N–H and O–H groups in total. The number of aryl methyl sites for hydroxylation is 1. The van der Waals surface area contributed by atoms with Gasteiger partial charge in [0.25, 0.3) is 0 Å². The Bertz CT molecular complexity index is 790. The molecular formula is C20H28N4O2S. The number of hydrogen-bond donors (Lipinski definition) is 0. The lowest BCUT2D eigenvalue weighted by molar-refractivity contribution is -0.131. The molecule has 27 heavy (non-hydrogen) atoms. The summed E-state index contributed by atoms with van der Waals surface area (Å²) in [5.74, 6) is 2.76. The molecule has 0 saturated carbocycles. The zero-order valence-corrected chi connectivity index (χ0v) is 17.2. The van der Waals surface area contributed by atoms with Gasteiger partial charge in [-0.1, -0.05) is 35.9 Å². The summed E-state index contributed by atoms with van der Waals surface area (Å²) in [6.45, 7) is 6.33. The Kier molecular flexibility index (Phi) is 6.77. The Morgan fingerprint density at radius 3 is 2.85 bits per heavy atom. The number of carbonyl (C=O) groups is 1. The molecule has 2 heterocycles. The first-order valence-corrected chi connectivity index (χ1v) is 10.6. The first-order valence-electron chi connectivity index (χ1n) is 9.58. The van der Waals surface area contributed by atoms with Gasteiger partial charge in [0.15, 0.2) is 11.0 Å². The highest BCUT2D eigenvalue weighted by Crippen LogP contribution is 2.28. The zero-order valence-electron chi connectivity index (χ0n) is 16.4. The van der Waals surface area contributed by atoms with Crippen LogP contribution < -0.4 is 4.74 Å². The molecular weight excluding hydrogens is 360 g/mol. The molecule has 0 radical (unpaired) electrons. The van der Waals surface area contributed by atoms with Crippen molar-refractivity contribution in [2.24, 2.45) is 0 Å². The number of hydrogen-bond acceptors (Lipinski definition) is 5. The number of thioether (sulfide) groups is 1. The van der Waals surface area contributed by atoms with Gasteiger partial charge in [0.05, 0.1) is 13.7 Å². The number of likely N-dealkylation sites (tertiary alicyclic amines) is 1. The Balaban J connectivity index is 1.72. The normalized spacial score (nSPS) is 15.1. The average molecular weight is 389 g/mol. The molecule has 1 aromatic carbocycles. The molecule has 0 spiro atoms. The van der Waals surface area contributed by atoms with E-state index < -0.39 is 0 Å². The zero-order chi connectivity index (χ0) is 19.2. The van der Waals surface area contributed by atoms with Gasteiger partial charge in [-0.15, -0.1) is 10.2 Å². The van der Waals surface area contributed by atoms with Crippen molar-refractivity contribution < 1.29 is 9.53 Å². The van der Waals surface area contributed by atoms with Crippen molar-refractivity contribution in [2.75, 3.05) is 13.7 Å². The van der Waals surface area contributed by atoms with Crippen LogP contribution in [0, 0.1) is 6.92 Å². The largest absolute Gasteiger partial charge is 0.496 e. The minimum Gasteiger partial charge on any atom is -0.496 e. The van der Waals surface area contributed by atoms with Crippen LogP contribution in [0.25, 0.3) is 0 Å². The van der Waals surface area contributed by atoms with Crippen molar-refractivity contribution in [1.29, 1.82) is 0 Å². The molecule has 0 bridgehead atoms. The quantitative estimate of drug-likeness (QED) is 0.675. The lowest BCUT2D eigenvalue weighted by Crippen LogP contribution is -2.31. The van der Waals surface area contributed by atoms with Gasteiger partial charge in [-0.2, -0.15) is 0 Å². The highest BCUT2D eigenvalue weighted by Gasteiger charge is 2.20. The van der Waals surface area contributed by atoms with E-state index >= 15 is 0 Å². The molecule has 1 aromatic heterocycles. The van der Waals surface area contributed by atoms with Gasteiger partial charge < -0.3 is 14.2 Å². The predicted octanol–water partition coefficient (Wildman–Crippen LogP) is 3.81. The number of methoxy groups -OCH3 is 1. The minimum absolute atomic E-state index is 0.233. The summed E-state index contributed by atoms with van der Waals surface area (Å²) >= 11 is 1.66. The first-order chi connectivity index (χ1) is 13.1. The molecule has 1 aliphatic rings. The van der Waals surface area contributed by atoms with Gasteiger partial charge >= 0.3 is 0 Å². The minimum atomic E-state index is 0.233. The fraction of sp³-hybridized carbons (Fsp3) is 0.550. The van der Waals surface area contributed by atoms with Gasteiger partial charge in [-0.25, -0.2) is 0 Å². The number of amides is 1. The summed E-state index contributed by atoms with van der Waals surface area (Å²) in [4.78, 5) is 14.2. The molecule has 1 fully saturated rings. The second kappa shape index (κ2) is 9.26. The lowest BCUT2D eigenvalue weighted by Gasteiger charge is -2.20. The second-order valence-corrected chi connectivity index (χ2v) is 7.82. The second-order valence-electron chi connectivity index (χ2n) is 6.87. The lowest BCUT2D eigenvalue weighted by atomic mass is 10.1. The third-order valence-electron chi connectivity index (χ3n) is 4.91.